The summed E-state index contributed by atoms with van der Waals surface area (Å²) in [6.07, 6.45) is 2.61. The van der Waals surface area contributed by atoms with Gasteiger partial charge in [0.1, 0.15) is 24.2 Å². The molecule has 0 saturated carbocycles. The molecule has 2 saturated heterocycles. The van der Waals surface area contributed by atoms with Gasteiger partial charge in [0.2, 0.25) is 17.6 Å². The second-order valence-corrected chi connectivity index (χ2v) is 15.7. The summed E-state index contributed by atoms with van der Waals surface area (Å²) in [4.78, 5) is 106. The highest BCUT2D eigenvalue weighted by Gasteiger charge is 2.41. The third kappa shape index (κ3) is 10.3. The Morgan fingerprint density at radius 2 is 1.10 bits per heavy atom. The smallest absolute Gasteiger partial charge is 0.407 e. The van der Waals surface area contributed by atoms with Crippen molar-refractivity contribution in [3.63, 3.8) is 0 Å². The third-order valence-electron chi connectivity index (χ3n) is 11.2. The number of ketones is 2. The summed E-state index contributed by atoms with van der Waals surface area (Å²) in [5.74, 6) is -3.51. The zero-order valence-electron chi connectivity index (χ0n) is 34.5. The molecule has 16 heteroatoms. The van der Waals surface area contributed by atoms with Crippen LogP contribution in [0.5, 0.6) is 0 Å². The molecule has 0 unspecified atom stereocenters. The minimum absolute atomic E-state index is 0.263. The number of esters is 2. The van der Waals surface area contributed by atoms with Crippen LogP contribution in [0.15, 0.2) is 36.4 Å². The van der Waals surface area contributed by atoms with Gasteiger partial charge in [-0.2, -0.15) is 0 Å². The monoisotopic (exact) mass is 818 g/mol. The number of nitrogens with one attached hydrogen (secondary N) is 2. The molecule has 4 amide bonds. The van der Waals surface area contributed by atoms with Gasteiger partial charge in [0.05, 0.1) is 14.2 Å². The number of hydrogen-bond donors (Lipinski definition) is 2. The van der Waals surface area contributed by atoms with Gasteiger partial charge in [0, 0.05) is 24.2 Å². The van der Waals surface area contributed by atoms with Crippen LogP contribution in [0.3, 0.4) is 0 Å². The number of carbonyl (C=O) groups is 8. The van der Waals surface area contributed by atoms with Crippen LogP contribution in [0.1, 0.15) is 91.6 Å². The summed E-state index contributed by atoms with van der Waals surface area (Å²) in [5.41, 5.74) is 4.40. The van der Waals surface area contributed by atoms with E-state index in [-0.39, 0.29) is 17.6 Å². The predicted molar refractivity (Wildman–Crippen MR) is 212 cm³/mol. The van der Waals surface area contributed by atoms with Crippen LogP contribution >= 0.6 is 0 Å². The molecule has 2 aromatic carbocycles. The second-order valence-electron chi connectivity index (χ2n) is 15.7. The fraction of sp³-hybridized carbons (Fsp3) is 0.535. The molecule has 0 aromatic heterocycles. The van der Waals surface area contributed by atoms with Crippen molar-refractivity contribution < 1.29 is 57.3 Å². The van der Waals surface area contributed by atoms with Crippen LogP contribution in [0.2, 0.25) is 0 Å². The van der Waals surface area contributed by atoms with Crippen molar-refractivity contribution in [2.24, 2.45) is 11.8 Å². The highest BCUT2D eigenvalue weighted by Crippen LogP contribution is 2.35. The predicted octanol–water partition coefficient (Wildman–Crippen LogP) is 4.04. The first-order valence-electron chi connectivity index (χ1n) is 20.1. The molecular weight excluding hydrogens is 764 g/mol. The molecule has 16 nitrogen and oxygen atoms in total. The van der Waals surface area contributed by atoms with Gasteiger partial charge in [-0.3, -0.25) is 19.2 Å². The van der Waals surface area contributed by atoms with Crippen molar-refractivity contribution in [3.05, 3.63) is 58.7 Å². The van der Waals surface area contributed by atoms with Crippen LogP contribution in [0.25, 0.3) is 11.1 Å². The number of rotatable bonds is 15. The average Bonchev–Trinajstić information content (AvgIpc) is 4.04. The van der Waals surface area contributed by atoms with Crippen molar-refractivity contribution in [1.82, 2.24) is 20.4 Å². The number of hydrogen-bond acceptors (Lipinski definition) is 12. The van der Waals surface area contributed by atoms with E-state index >= 15 is 0 Å². The van der Waals surface area contributed by atoms with E-state index in [0.29, 0.717) is 56.3 Å². The first-order chi connectivity index (χ1) is 28.2. The van der Waals surface area contributed by atoms with Gasteiger partial charge in [0.15, 0.2) is 19.0 Å². The zero-order valence-corrected chi connectivity index (χ0v) is 34.5. The van der Waals surface area contributed by atoms with Gasteiger partial charge in [-0.1, -0.05) is 64.1 Å². The molecule has 2 heterocycles. The van der Waals surface area contributed by atoms with Gasteiger partial charge in [0.25, 0.3) is 0 Å². The van der Waals surface area contributed by atoms with E-state index in [1.165, 1.54) is 24.0 Å². The molecule has 2 fully saturated rings. The summed E-state index contributed by atoms with van der Waals surface area (Å²) >= 11 is 0. The molecule has 5 rings (SSSR count). The van der Waals surface area contributed by atoms with E-state index in [1.807, 2.05) is 6.07 Å². The average molecular weight is 819 g/mol. The second kappa shape index (κ2) is 19.8. The summed E-state index contributed by atoms with van der Waals surface area (Å²) < 4.78 is 20.2. The normalized spacial score (nSPS) is 18.2. The van der Waals surface area contributed by atoms with Gasteiger partial charge in [-0.15, -0.1) is 0 Å². The topological polar surface area (TPSA) is 204 Å². The Balaban J connectivity index is 1.18. The summed E-state index contributed by atoms with van der Waals surface area (Å²) in [5, 5.41) is 5.07. The number of fused-ring (bicyclic) bond motifs is 1. The molecule has 2 N–H and O–H groups in total. The summed E-state index contributed by atoms with van der Waals surface area (Å²) in [7, 11) is 2.41. The molecule has 0 radical (unpaired) electrons. The molecule has 0 spiro atoms. The maximum atomic E-state index is 13.5. The van der Waals surface area contributed by atoms with E-state index in [2.05, 4.69) is 20.1 Å². The first kappa shape index (κ1) is 44.3. The van der Waals surface area contributed by atoms with Crippen LogP contribution in [0.4, 0.5) is 9.59 Å². The standard InChI is InChI=1S/C43H54N4O12/c1-24(2)36(44-42(54)56-5)38(50)46-20-8-12-32(46)40(52)58-22-34(48)27-16-14-26(15-17-27)28-18-19-31(30-11-7-10-29(28)30)35(49)23-59-41(53)33-13-9-21-47(33)39(51)37(25(3)4)45-43(55)57-6/h14-19,24-25,32-33,36-37H,7-13,20-23H2,1-6H3,(H,44,54)(H,45,55)/t32-,33-,36-,37-/m0/s1. The van der Waals surface area contributed by atoms with E-state index in [9.17, 15) is 38.4 Å². The van der Waals surface area contributed by atoms with Crippen molar-refractivity contribution >= 4 is 47.5 Å². The summed E-state index contributed by atoms with van der Waals surface area (Å²) in [6.45, 7) is 6.73. The molecule has 0 bridgehead atoms. The third-order valence-corrected chi connectivity index (χ3v) is 11.2. The van der Waals surface area contributed by atoms with E-state index in [1.54, 1.807) is 58.0 Å². The summed E-state index contributed by atoms with van der Waals surface area (Å²) in [6, 6.07) is 6.91. The highest BCUT2D eigenvalue weighted by molar-refractivity contribution is 6.02. The maximum Gasteiger partial charge on any atom is 0.407 e. The lowest BCUT2D eigenvalue weighted by atomic mass is 9.91. The number of likely N-dealkylation sites (tertiary alicyclic amines) is 2. The minimum atomic E-state index is -0.893. The Hall–Kier alpha value is -5.80. The maximum absolute atomic E-state index is 13.5. The van der Waals surface area contributed by atoms with Crippen LogP contribution in [-0.4, -0.2) is 122 Å². The molecule has 1 aliphatic carbocycles. The fourth-order valence-electron chi connectivity index (χ4n) is 8.01. The van der Waals surface area contributed by atoms with Gasteiger partial charge in [-0.05, 0) is 79.0 Å². The van der Waals surface area contributed by atoms with Crippen LogP contribution < -0.4 is 10.6 Å². The molecule has 2 aromatic rings. The van der Waals surface area contributed by atoms with Crippen molar-refractivity contribution in [3.8, 4) is 11.1 Å². The van der Waals surface area contributed by atoms with Gasteiger partial charge in [-0.25, -0.2) is 19.2 Å². The number of amides is 4. The molecule has 3 aliphatic rings. The van der Waals surface area contributed by atoms with E-state index < -0.39 is 79.1 Å². The number of alkyl carbamates (subject to hydrolysis) is 2. The van der Waals surface area contributed by atoms with E-state index in [4.69, 9.17) is 9.47 Å². The molecular formula is C43H54N4O12. The Bertz CT molecular complexity index is 1940. The highest BCUT2D eigenvalue weighted by atomic mass is 16.6. The van der Waals surface area contributed by atoms with Gasteiger partial charge < -0.3 is 39.4 Å². The fourth-order valence-corrected chi connectivity index (χ4v) is 8.01. The largest absolute Gasteiger partial charge is 0.456 e. The van der Waals surface area contributed by atoms with Crippen LogP contribution in [-0.2, 0) is 51.0 Å². The van der Waals surface area contributed by atoms with Gasteiger partial charge >= 0.3 is 24.1 Å². The quantitative estimate of drug-likeness (QED) is 0.149. The Kier molecular flexibility index (Phi) is 14.8. The molecule has 4 atom stereocenters. The molecule has 2 aliphatic heterocycles. The Morgan fingerprint density at radius 1 is 0.627 bits per heavy atom. The Morgan fingerprint density at radius 3 is 1.58 bits per heavy atom. The number of Topliss-reactive ketones (excluding diaryl/α,β-unsaturated/α-hetero) is 2. The minimum Gasteiger partial charge on any atom is -0.456 e. The zero-order chi connectivity index (χ0) is 43.0. The van der Waals surface area contributed by atoms with E-state index in [0.717, 1.165) is 35.1 Å². The number of methoxy groups -OCH3 is 2. The lowest BCUT2D eigenvalue weighted by Gasteiger charge is -2.29. The lowest BCUT2D eigenvalue weighted by Crippen LogP contribution is -2.54. The lowest BCUT2D eigenvalue weighted by molar-refractivity contribution is -0.153. The van der Waals surface area contributed by atoms with Crippen molar-refractivity contribution in [2.45, 2.75) is 96.8 Å². The number of carbonyl (C=O) groups excluding carboxylic acids is 8. The van der Waals surface area contributed by atoms with Crippen molar-refractivity contribution in [1.29, 1.82) is 0 Å². The van der Waals surface area contributed by atoms with Crippen molar-refractivity contribution in [2.75, 3.05) is 40.5 Å². The number of benzene rings is 2. The first-order valence-corrected chi connectivity index (χ1v) is 20.1. The van der Waals surface area contributed by atoms with Crippen LogP contribution in [0, 0.1) is 11.8 Å². The SMILES string of the molecule is COC(=O)N[C@H](C(=O)N1CCC[C@H]1C(=O)OCC(=O)c1ccc(-c2ccc(C(=O)COC(=O)[C@@H]3CCCN3C(=O)[C@@H](NC(=O)OC)C(C)C)c3c2CCC3)cc1)C(C)C. The Labute approximate surface area is 343 Å². The molecule has 59 heavy (non-hydrogen) atoms. The molecule has 318 valence electrons. The number of ether oxygens (including phenoxy) is 4. The number of nitrogens with zero attached hydrogens (tertiary/aromatic N) is 2.